The van der Waals surface area contributed by atoms with Gasteiger partial charge in [-0.3, -0.25) is 0 Å². The Morgan fingerprint density at radius 2 is 0.647 bits per heavy atom. The molecule has 0 unspecified atom stereocenters. The summed E-state index contributed by atoms with van der Waals surface area (Å²) in [7, 11) is 0. The van der Waals surface area contributed by atoms with Crippen LogP contribution in [0.25, 0.3) is 0 Å². The van der Waals surface area contributed by atoms with Crippen LogP contribution in [0.5, 0.6) is 0 Å². The summed E-state index contributed by atoms with van der Waals surface area (Å²) < 4.78 is 26.8. The molecule has 2 saturated carbocycles. The third-order valence-electron chi connectivity index (χ3n) is 23.1. The zero-order valence-corrected chi connectivity index (χ0v) is 45.8. The fourth-order valence-corrected chi connectivity index (χ4v) is 18.3. The molecule has 6 aliphatic carbocycles. The Kier molecular flexibility index (Phi) is 13.3. The molecule has 6 fully saturated rings. The molecule has 0 aromatic carbocycles. The summed E-state index contributed by atoms with van der Waals surface area (Å²) in [6.45, 7) is 31.5. The molecule has 4 aliphatic heterocycles. The van der Waals surface area contributed by atoms with E-state index in [9.17, 15) is 20.4 Å². The second-order valence-corrected chi connectivity index (χ2v) is 29.1. The van der Waals surface area contributed by atoms with Crippen molar-refractivity contribution < 1.29 is 39.4 Å². The van der Waals surface area contributed by atoms with Crippen molar-refractivity contribution in [3.8, 4) is 0 Å². The van der Waals surface area contributed by atoms with Crippen LogP contribution in [0.15, 0.2) is 22.3 Å². The number of hydrogen-bond donors (Lipinski definition) is 4. The maximum absolute atomic E-state index is 10.8. The van der Waals surface area contributed by atoms with Crippen molar-refractivity contribution in [2.45, 2.75) is 309 Å². The number of aliphatic hydroxyl groups excluding tert-OH is 4. The lowest BCUT2D eigenvalue weighted by Crippen LogP contribution is -2.55. The summed E-state index contributed by atoms with van der Waals surface area (Å²) in [5, 5.41) is 43.1. The maximum Gasteiger partial charge on any atom is 0.0888 e. The fourth-order valence-electron chi connectivity index (χ4n) is 18.3. The highest BCUT2D eigenvalue weighted by atomic mass is 16.5. The van der Waals surface area contributed by atoms with Crippen LogP contribution >= 0.6 is 0 Å². The van der Waals surface area contributed by atoms with Gasteiger partial charge in [-0.25, -0.2) is 0 Å². The number of rotatable bonds is 0. The van der Waals surface area contributed by atoms with Gasteiger partial charge in [-0.2, -0.15) is 0 Å². The number of ether oxygens (including phenoxy) is 4. The Balaban J connectivity index is 0.000000170. The first-order valence-electron chi connectivity index (χ1n) is 28.3. The fraction of sp³-hybridized carbons (Fsp3) is 0.933. The summed E-state index contributed by atoms with van der Waals surface area (Å²) in [6, 6.07) is 0. The van der Waals surface area contributed by atoms with Crippen LogP contribution in [0.4, 0.5) is 0 Å². The molecular formula is C60H100O8. The normalized spacial score (nSPS) is 50.6. The standard InChI is InChI=1S/2C30H50O4/c2*1-26(2)22(31)12-15-28(5)18-19-8-10-21-29(6,20(19)9-11-24(28)33-26)17-14-25-30(21,7)16-13-23(32)27(3,4)34-25/h2*21-25,31-32H,8-18H2,1-7H3/t2*21-,22+,23+,24+,25+,28+,29-,30+/m00/s1. The average Bonchev–Trinajstić information content (AvgIpc) is 3.63. The third-order valence-corrected chi connectivity index (χ3v) is 23.1. The van der Waals surface area contributed by atoms with E-state index in [1.54, 1.807) is 22.3 Å². The van der Waals surface area contributed by atoms with Crippen molar-refractivity contribution in [2.24, 2.45) is 44.3 Å². The van der Waals surface area contributed by atoms with E-state index in [0.717, 1.165) is 103 Å². The van der Waals surface area contributed by atoms with Crippen molar-refractivity contribution in [1.82, 2.24) is 0 Å². The summed E-state index contributed by atoms with van der Waals surface area (Å²) >= 11 is 0. The van der Waals surface area contributed by atoms with E-state index >= 15 is 0 Å². The molecule has 8 heteroatoms. The predicted molar refractivity (Wildman–Crippen MR) is 271 cm³/mol. The Bertz CT molecular complexity index is 1830. The molecule has 4 heterocycles. The highest BCUT2D eigenvalue weighted by molar-refractivity contribution is 5.34. The molecular weight excluding hydrogens is 849 g/mol. The largest absolute Gasteiger partial charge is 0.390 e. The van der Waals surface area contributed by atoms with Crippen LogP contribution in [0.1, 0.15) is 238 Å². The number of allylic oxidation sites excluding steroid dienone is 4. The molecule has 10 aliphatic rings. The molecule has 10 rings (SSSR count). The Hall–Kier alpha value is -0.840. The second kappa shape index (κ2) is 17.4. The summed E-state index contributed by atoms with van der Waals surface area (Å²) in [6.07, 6.45) is 22.9. The van der Waals surface area contributed by atoms with Gasteiger partial charge >= 0.3 is 0 Å². The quantitative estimate of drug-likeness (QED) is 0.177. The third kappa shape index (κ3) is 8.55. The molecule has 0 radical (unpaired) electrons. The minimum absolute atomic E-state index is 0.107. The smallest absolute Gasteiger partial charge is 0.0888 e. The van der Waals surface area contributed by atoms with Crippen LogP contribution in [-0.2, 0) is 18.9 Å². The number of fused-ring (bicyclic) bond motifs is 10. The van der Waals surface area contributed by atoms with Gasteiger partial charge in [-0.15, -0.1) is 0 Å². The van der Waals surface area contributed by atoms with E-state index in [4.69, 9.17) is 18.9 Å². The van der Waals surface area contributed by atoms with Crippen molar-refractivity contribution in [3.63, 3.8) is 0 Å². The van der Waals surface area contributed by atoms with Crippen molar-refractivity contribution in [3.05, 3.63) is 22.3 Å². The van der Waals surface area contributed by atoms with E-state index in [0.29, 0.717) is 11.8 Å². The van der Waals surface area contributed by atoms with Gasteiger partial charge in [0, 0.05) is 0 Å². The lowest BCUT2D eigenvalue weighted by atomic mass is 9.47. The molecule has 388 valence electrons. The number of aliphatic hydroxyl groups is 4. The molecule has 0 spiro atoms. The number of hydrogen-bond acceptors (Lipinski definition) is 8. The van der Waals surface area contributed by atoms with Crippen molar-refractivity contribution >= 4 is 0 Å². The van der Waals surface area contributed by atoms with Gasteiger partial charge in [0.05, 0.1) is 71.2 Å². The highest BCUT2D eigenvalue weighted by Gasteiger charge is 2.62. The first kappa shape index (κ1) is 52.0. The molecule has 16 atom stereocenters. The summed E-state index contributed by atoms with van der Waals surface area (Å²) in [5.41, 5.74) is 5.90. The van der Waals surface area contributed by atoms with Crippen LogP contribution in [0.3, 0.4) is 0 Å². The Morgan fingerprint density at radius 3 is 0.985 bits per heavy atom. The van der Waals surface area contributed by atoms with Crippen molar-refractivity contribution in [1.29, 1.82) is 0 Å². The van der Waals surface area contributed by atoms with Crippen LogP contribution in [0.2, 0.25) is 0 Å². The molecule has 0 amide bonds. The molecule has 68 heavy (non-hydrogen) atoms. The van der Waals surface area contributed by atoms with Crippen molar-refractivity contribution in [2.75, 3.05) is 0 Å². The van der Waals surface area contributed by atoms with E-state index in [-0.39, 0.29) is 81.3 Å². The van der Waals surface area contributed by atoms with Gasteiger partial charge in [0.25, 0.3) is 0 Å². The molecule has 4 saturated heterocycles. The summed E-state index contributed by atoms with van der Waals surface area (Å²) in [4.78, 5) is 0. The average molecular weight is 949 g/mol. The second-order valence-electron chi connectivity index (χ2n) is 29.1. The van der Waals surface area contributed by atoms with Crippen LogP contribution < -0.4 is 0 Å². The van der Waals surface area contributed by atoms with Gasteiger partial charge < -0.3 is 39.4 Å². The monoisotopic (exact) mass is 949 g/mol. The zero-order valence-electron chi connectivity index (χ0n) is 45.8. The predicted octanol–water partition coefficient (Wildman–Crippen LogP) is 12.7. The van der Waals surface area contributed by atoms with Crippen LogP contribution in [0, 0.1) is 44.3 Å². The SMILES string of the molecule is CC1(C)O[C@@H]2CCC3=C(CC[C@@H]4[C@@]5(C)CC[C@@H](O)C(C)(C)O[C@@H]5CC[C@@]34C)C[C@@]2(C)CC[C@H]1O.CC1(C)O[C@@H]2CCC3=C(CC[C@@H]4[C@@]5(C)CC[C@@H](O)C(C)(C)O[C@@H]5CC[C@@]34C)C[C@@]2(C)CC[C@H]1O. The van der Waals surface area contributed by atoms with Crippen LogP contribution in [-0.4, -0.2) is 91.7 Å². The van der Waals surface area contributed by atoms with E-state index < -0.39 is 22.4 Å². The lowest BCUT2D eigenvalue weighted by Gasteiger charge is -2.59. The topological polar surface area (TPSA) is 118 Å². The van der Waals surface area contributed by atoms with Gasteiger partial charge in [0.1, 0.15) is 0 Å². The van der Waals surface area contributed by atoms with Gasteiger partial charge in [-0.1, -0.05) is 63.8 Å². The Labute approximate surface area is 413 Å². The highest BCUT2D eigenvalue weighted by Crippen LogP contribution is 2.68. The van der Waals surface area contributed by atoms with E-state index in [2.05, 4.69) is 96.9 Å². The molecule has 8 nitrogen and oxygen atoms in total. The van der Waals surface area contributed by atoms with Gasteiger partial charge in [0.2, 0.25) is 0 Å². The van der Waals surface area contributed by atoms with E-state index in [1.165, 1.54) is 38.5 Å². The molecule has 4 N–H and O–H groups in total. The minimum Gasteiger partial charge on any atom is -0.390 e. The molecule has 0 aromatic rings. The first-order valence-corrected chi connectivity index (χ1v) is 28.3. The lowest BCUT2D eigenvalue weighted by molar-refractivity contribution is -0.186. The van der Waals surface area contributed by atoms with Gasteiger partial charge in [-0.05, 0) is 241 Å². The zero-order chi connectivity index (χ0) is 49.5. The summed E-state index contributed by atoms with van der Waals surface area (Å²) in [5.74, 6) is 1.21. The Morgan fingerprint density at radius 1 is 0.338 bits per heavy atom. The van der Waals surface area contributed by atoms with E-state index in [1.807, 2.05) is 0 Å². The van der Waals surface area contributed by atoms with Gasteiger partial charge in [0.15, 0.2) is 0 Å². The molecule has 0 aromatic heterocycles. The maximum atomic E-state index is 10.8. The molecule has 0 bridgehead atoms. The minimum atomic E-state index is -0.476. The first-order chi connectivity index (χ1) is 31.4.